The minimum absolute atomic E-state index is 0.183. The van der Waals surface area contributed by atoms with E-state index in [9.17, 15) is 4.79 Å². The summed E-state index contributed by atoms with van der Waals surface area (Å²) in [5.74, 6) is 1.88. The van der Waals surface area contributed by atoms with Gasteiger partial charge in [-0.2, -0.15) is 0 Å². The first-order valence-electron chi connectivity index (χ1n) is 7.54. The summed E-state index contributed by atoms with van der Waals surface area (Å²) in [6, 6.07) is 0. The molecule has 1 amide bonds. The van der Waals surface area contributed by atoms with Crippen LogP contribution in [0.4, 0.5) is 11.5 Å². The third-order valence-corrected chi connectivity index (χ3v) is 4.39. The number of rotatable bonds is 4. The molecule has 108 valence electrons. The van der Waals surface area contributed by atoms with Gasteiger partial charge < -0.3 is 10.2 Å². The molecule has 1 aromatic heterocycles. The van der Waals surface area contributed by atoms with Gasteiger partial charge in [0.2, 0.25) is 5.91 Å². The molecule has 0 bridgehead atoms. The zero-order chi connectivity index (χ0) is 14.2. The monoisotopic (exact) mass is 274 g/mol. The Bertz CT molecular complexity index is 525. The van der Waals surface area contributed by atoms with Crippen molar-refractivity contribution < 1.29 is 4.79 Å². The van der Waals surface area contributed by atoms with Crippen LogP contribution in [0.15, 0.2) is 6.20 Å². The van der Waals surface area contributed by atoms with Crippen molar-refractivity contribution in [1.29, 1.82) is 0 Å². The molecule has 5 nitrogen and oxygen atoms in total. The van der Waals surface area contributed by atoms with Gasteiger partial charge in [0.25, 0.3) is 0 Å². The van der Waals surface area contributed by atoms with Gasteiger partial charge >= 0.3 is 0 Å². The molecule has 0 saturated heterocycles. The second kappa shape index (κ2) is 5.04. The average molecular weight is 274 g/mol. The highest BCUT2D eigenvalue weighted by molar-refractivity contribution is 6.02. The summed E-state index contributed by atoms with van der Waals surface area (Å²) in [5, 5.41) is 3.36. The maximum Gasteiger partial charge on any atom is 0.234 e. The van der Waals surface area contributed by atoms with Crippen LogP contribution in [0.1, 0.15) is 44.9 Å². The molecule has 3 rings (SSSR count). The molecule has 1 N–H and O–H groups in total. The largest absolute Gasteiger partial charge is 0.367 e. The first-order chi connectivity index (χ1) is 9.66. The number of aromatic nitrogens is 2. The number of fused-ring (bicyclic) bond motifs is 1. The Balaban J connectivity index is 1.81. The third-order valence-electron chi connectivity index (χ3n) is 4.39. The van der Waals surface area contributed by atoms with E-state index in [1.807, 2.05) is 7.05 Å². The van der Waals surface area contributed by atoms with Crippen LogP contribution in [0, 0.1) is 5.41 Å². The van der Waals surface area contributed by atoms with Crippen molar-refractivity contribution in [2.75, 3.05) is 23.8 Å². The second-order valence-electron chi connectivity index (χ2n) is 5.98. The van der Waals surface area contributed by atoms with Crippen LogP contribution < -0.4 is 10.2 Å². The highest BCUT2D eigenvalue weighted by Gasteiger charge is 2.52. The summed E-state index contributed by atoms with van der Waals surface area (Å²) < 4.78 is 0. The van der Waals surface area contributed by atoms with Gasteiger partial charge in [0, 0.05) is 20.0 Å². The van der Waals surface area contributed by atoms with E-state index in [1.54, 1.807) is 11.1 Å². The normalized spacial score (nSPS) is 19.5. The molecule has 1 aromatic rings. The maximum atomic E-state index is 12.4. The molecular formula is C15H22N4O. The zero-order valence-corrected chi connectivity index (χ0v) is 12.3. The molecule has 1 spiro atoms. The Labute approximate surface area is 119 Å². The molecule has 0 atom stereocenters. The number of carbonyl (C=O) groups is 1. The van der Waals surface area contributed by atoms with E-state index in [4.69, 9.17) is 0 Å². The molecular weight excluding hydrogens is 252 g/mol. The number of carbonyl (C=O) groups excluding carboxylic acids is 1. The quantitative estimate of drug-likeness (QED) is 0.856. The van der Waals surface area contributed by atoms with Gasteiger partial charge in [-0.05, 0) is 19.3 Å². The molecule has 2 heterocycles. The first-order valence-corrected chi connectivity index (χ1v) is 7.54. The molecule has 0 unspecified atom stereocenters. The first kappa shape index (κ1) is 13.3. The number of nitrogens with zero attached hydrogens (tertiary/aromatic N) is 3. The number of nitrogens with one attached hydrogen (secondary N) is 1. The number of hydrogen-bond acceptors (Lipinski definition) is 4. The molecule has 5 heteroatoms. The Morgan fingerprint density at radius 1 is 1.40 bits per heavy atom. The minimum atomic E-state index is -0.183. The lowest BCUT2D eigenvalue weighted by molar-refractivity contribution is -0.122. The van der Waals surface area contributed by atoms with Gasteiger partial charge in [0.1, 0.15) is 11.5 Å². The van der Waals surface area contributed by atoms with Crippen molar-refractivity contribution >= 4 is 17.4 Å². The van der Waals surface area contributed by atoms with Crippen molar-refractivity contribution in [2.24, 2.45) is 5.41 Å². The van der Waals surface area contributed by atoms with E-state index < -0.39 is 0 Å². The number of amides is 1. The fraction of sp³-hybridized carbons (Fsp3) is 0.667. The van der Waals surface area contributed by atoms with E-state index in [0.29, 0.717) is 6.54 Å². The van der Waals surface area contributed by atoms with Gasteiger partial charge in [-0.1, -0.05) is 19.8 Å². The van der Waals surface area contributed by atoms with E-state index in [2.05, 4.69) is 22.2 Å². The van der Waals surface area contributed by atoms with Gasteiger partial charge in [0.15, 0.2) is 5.82 Å². The number of hydrogen-bond donors (Lipinski definition) is 1. The molecule has 0 radical (unpaired) electrons. The van der Waals surface area contributed by atoms with Crippen molar-refractivity contribution in [2.45, 2.75) is 45.4 Å². The van der Waals surface area contributed by atoms with Crippen LogP contribution in [0.3, 0.4) is 0 Å². The molecule has 0 aromatic carbocycles. The Hall–Kier alpha value is -1.65. The van der Waals surface area contributed by atoms with Crippen molar-refractivity contribution in [3.8, 4) is 0 Å². The fourth-order valence-electron chi connectivity index (χ4n) is 2.78. The summed E-state index contributed by atoms with van der Waals surface area (Å²) in [6.07, 6.45) is 8.18. The SMILES string of the molecule is CCCCCc1ncc2c(n1)NCC1(CC1)C(=O)N2C. The van der Waals surface area contributed by atoms with E-state index in [-0.39, 0.29) is 11.3 Å². The van der Waals surface area contributed by atoms with Crippen LogP contribution >= 0.6 is 0 Å². The molecule has 2 aliphatic rings. The van der Waals surface area contributed by atoms with E-state index in [0.717, 1.165) is 43.0 Å². The van der Waals surface area contributed by atoms with Gasteiger partial charge in [0.05, 0.1) is 11.6 Å². The molecule has 20 heavy (non-hydrogen) atoms. The average Bonchev–Trinajstić information content (AvgIpc) is 3.25. The van der Waals surface area contributed by atoms with Crippen LogP contribution in [-0.2, 0) is 11.2 Å². The summed E-state index contributed by atoms with van der Waals surface area (Å²) >= 11 is 0. The fourth-order valence-corrected chi connectivity index (χ4v) is 2.78. The maximum absolute atomic E-state index is 12.4. The van der Waals surface area contributed by atoms with Gasteiger partial charge in [-0.25, -0.2) is 9.97 Å². The summed E-state index contributed by atoms with van der Waals surface area (Å²) in [4.78, 5) is 23.2. The van der Waals surface area contributed by atoms with Crippen molar-refractivity contribution in [1.82, 2.24) is 9.97 Å². The molecule has 1 aliphatic carbocycles. The minimum Gasteiger partial charge on any atom is -0.367 e. The predicted molar refractivity (Wildman–Crippen MR) is 78.8 cm³/mol. The zero-order valence-electron chi connectivity index (χ0n) is 12.3. The van der Waals surface area contributed by atoms with Crippen LogP contribution in [0.25, 0.3) is 0 Å². The topological polar surface area (TPSA) is 58.1 Å². The molecule has 1 fully saturated rings. The van der Waals surface area contributed by atoms with Crippen LogP contribution in [0.2, 0.25) is 0 Å². The summed E-state index contributed by atoms with van der Waals surface area (Å²) in [6.45, 7) is 2.89. The third kappa shape index (κ3) is 2.25. The van der Waals surface area contributed by atoms with Gasteiger partial charge in [-0.3, -0.25) is 4.79 Å². The van der Waals surface area contributed by atoms with Crippen molar-refractivity contribution in [3.05, 3.63) is 12.0 Å². The highest BCUT2D eigenvalue weighted by atomic mass is 16.2. The Morgan fingerprint density at radius 3 is 2.90 bits per heavy atom. The van der Waals surface area contributed by atoms with Crippen molar-refractivity contribution in [3.63, 3.8) is 0 Å². The standard InChI is InChI=1S/C15H22N4O/c1-3-4-5-6-12-16-9-11-13(18-12)17-10-15(7-8-15)14(20)19(11)2/h9H,3-8,10H2,1-2H3,(H,16,17,18). The Morgan fingerprint density at radius 2 is 2.20 bits per heavy atom. The predicted octanol–water partition coefficient (Wildman–Crippen LogP) is 2.38. The highest BCUT2D eigenvalue weighted by Crippen LogP contribution is 2.49. The molecule has 1 saturated carbocycles. The lowest BCUT2D eigenvalue weighted by Gasteiger charge is -2.19. The lowest BCUT2D eigenvalue weighted by atomic mass is 10.1. The summed E-state index contributed by atoms with van der Waals surface area (Å²) in [7, 11) is 1.83. The Kier molecular flexibility index (Phi) is 3.36. The van der Waals surface area contributed by atoms with E-state index >= 15 is 0 Å². The van der Waals surface area contributed by atoms with Crippen LogP contribution in [-0.4, -0.2) is 29.5 Å². The lowest BCUT2D eigenvalue weighted by Crippen LogP contribution is -2.35. The van der Waals surface area contributed by atoms with Crippen LogP contribution in [0.5, 0.6) is 0 Å². The second-order valence-corrected chi connectivity index (χ2v) is 5.98. The van der Waals surface area contributed by atoms with Gasteiger partial charge in [-0.15, -0.1) is 0 Å². The number of aryl methyl sites for hydroxylation is 1. The number of unbranched alkanes of at least 4 members (excludes halogenated alkanes) is 2. The summed E-state index contributed by atoms with van der Waals surface area (Å²) in [5.41, 5.74) is 0.621. The molecule has 1 aliphatic heterocycles. The number of anilines is 2. The van der Waals surface area contributed by atoms with E-state index in [1.165, 1.54) is 12.8 Å². The smallest absolute Gasteiger partial charge is 0.234 e.